The van der Waals surface area contributed by atoms with Crippen LogP contribution in [-0.4, -0.2) is 75.3 Å². The predicted octanol–water partition coefficient (Wildman–Crippen LogP) is 2.07. The molecule has 1 fully saturated rings. The van der Waals surface area contributed by atoms with Crippen LogP contribution in [0.2, 0.25) is 0 Å². The summed E-state index contributed by atoms with van der Waals surface area (Å²) in [7, 11) is 6.35. The zero-order valence-corrected chi connectivity index (χ0v) is 17.3. The van der Waals surface area contributed by atoms with Gasteiger partial charge in [-0.1, -0.05) is 6.07 Å². The van der Waals surface area contributed by atoms with E-state index in [0.717, 1.165) is 18.7 Å². The van der Waals surface area contributed by atoms with E-state index < -0.39 is 0 Å². The quantitative estimate of drug-likeness (QED) is 0.703. The number of ether oxygens (including phenoxy) is 4. The zero-order valence-electron chi connectivity index (χ0n) is 17.3. The fraction of sp³-hybridized carbons (Fsp3) is 0.429. The molecule has 2 aromatic rings. The average Bonchev–Trinajstić information content (AvgIpc) is 2.78. The van der Waals surface area contributed by atoms with Crippen molar-refractivity contribution in [3.05, 3.63) is 41.6 Å². The molecule has 29 heavy (non-hydrogen) atoms. The molecule has 1 amide bonds. The minimum absolute atomic E-state index is 0.0571. The Morgan fingerprint density at radius 3 is 2.28 bits per heavy atom. The van der Waals surface area contributed by atoms with Crippen molar-refractivity contribution in [2.45, 2.75) is 6.54 Å². The molecule has 3 rings (SSSR count). The molecule has 1 saturated heterocycles. The molecule has 2 heterocycles. The molecule has 0 aliphatic carbocycles. The summed E-state index contributed by atoms with van der Waals surface area (Å²) in [6, 6.07) is 7.35. The Labute approximate surface area is 170 Å². The number of pyridine rings is 1. The second-order valence-corrected chi connectivity index (χ2v) is 6.62. The molecule has 1 aromatic carbocycles. The smallest absolute Gasteiger partial charge is 0.259 e. The SMILES string of the molecule is COc1ccc(CN2CCN(C(=O)c3cccnc3OC)CC2)c(OC)c1OC. The first-order chi connectivity index (χ1) is 14.1. The minimum Gasteiger partial charge on any atom is -0.493 e. The van der Waals surface area contributed by atoms with Gasteiger partial charge in [-0.25, -0.2) is 4.98 Å². The van der Waals surface area contributed by atoms with E-state index in [0.29, 0.717) is 48.3 Å². The van der Waals surface area contributed by atoms with Crippen molar-refractivity contribution in [3.63, 3.8) is 0 Å². The summed E-state index contributed by atoms with van der Waals surface area (Å²) in [6.07, 6.45) is 1.62. The number of hydrogen-bond acceptors (Lipinski definition) is 7. The number of rotatable bonds is 7. The number of nitrogens with zero attached hydrogens (tertiary/aromatic N) is 3. The van der Waals surface area contributed by atoms with Gasteiger partial charge in [-0.3, -0.25) is 9.69 Å². The lowest BCUT2D eigenvalue weighted by Gasteiger charge is -2.35. The molecule has 0 spiro atoms. The van der Waals surface area contributed by atoms with E-state index in [1.54, 1.807) is 39.7 Å². The van der Waals surface area contributed by atoms with E-state index in [2.05, 4.69) is 9.88 Å². The fourth-order valence-electron chi connectivity index (χ4n) is 3.52. The Bertz CT molecular complexity index is 850. The van der Waals surface area contributed by atoms with E-state index in [9.17, 15) is 4.79 Å². The lowest BCUT2D eigenvalue weighted by atomic mass is 10.1. The van der Waals surface area contributed by atoms with Gasteiger partial charge in [-0.2, -0.15) is 0 Å². The topological polar surface area (TPSA) is 73.4 Å². The highest BCUT2D eigenvalue weighted by molar-refractivity contribution is 5.96. The van der Waals surface area contributed by atoms with Gasteiger partial charge in [0.2, 0.25) is 11.6 Å². The van der Waals surface area contributed by atoms with Crippen LogP contribution in [-0.2, 0) is 6.54 Å². The van der Waals surface area contributed by atoms with Crippen molar-refractivity contribution >= 4 is 5.91 Å². The van der Waals surface area contributed by atoms with Gasteiger partial charge in [0.15, 0.2) is 11.5 Å². The van der Waals surface area contributed by atoms with Crippen molar-refractivity contribution in [2.24, 2.45) is 0 Å². The normalized spacial score (nSPS) is 14.4. The monoisotopic (exact) mass is 401 g/mol. The van der Waals surface area contributed by atoms with Gasteiger partial charge >= 0.3 is 0 Å². The molecule has 0 saturated carbocycles. The van der Waals surface area contributed by atoms with Crippen molar-refractivity contribution < 1.29 is 23.7 Å². The maximum atomic E-state index is 12.8. The third-order valence-corrected chi connectivity index (χ3v) is 5.03. The molecule has 156 valence electrons. The number of amides is 1. The van der Waals surface area contributed by atoms with Gasteiger partial charge in [0, 0.05) is 44.5 Å². The molecule has 1 aliphatic rings. The molecule has 1 aliphatic heterocycles. The minimum atomic E-state index is -0.0571. The Morgan fingerprint density at radius 1 is 0.931 bits per heavy atom. The second kappa shape index (κ2) is 9.47. The highest BCUT2D eigenvalue weighted by Crippen LogP contribution is 2.40. The lowest BCUT2D eigenvalue weighted by Crippen LogP contribution is -2.48. The summed E-state index contributed by atoms with van der Waals surface area (Å²) in [5.74, 6) is 2.19. The van der Waals surface area contributed by atoms with Crippen molar-refractivity contribution in [1.82, 2.24) is 14.8 Å². The van der Waals surface area contributed by atoms with E-state index in [-0.39, 0.29) is 5.91 Å². The number of carbonyl (C=O) groups is 1. The standard InChI is InChI=1S/C21H27N3O5/c1-26-17-8-7-15(18(27-2)19(17)28-3)14-23-10-12-24(13-11-23)21(25)16-6-5-9-22-20(16)29-4/h5-9H,10-14H2,1-4H3. The summed E-state index contributed by atoms with van der Waals surface area (Å²) in [6.45, 7) is 3.47. The predicted molar refractivity (Wildman–Crippen MR) is 108 cm³/mol. The molecular formula is C21H27N3O5. The van der Waals surface area contributed by atoms with Gasteiger partial charge in [0.25, 0.3) is 5.91 Å². The van der Waals surface area contributed by atoms with Crippen molar-refractivity contribution in [2.75, 3.05) is 54.6 Å². The van der Waals surface area contributed by atoms with Crippen LogP contribution in [0.3, 0.4) is 0 Å². The summed E-state index contributed by atoms with van der Waals surface area (Å²) in [5.41, 5.74) is 1.50. The molecule has 0 N–H and O–H groups in total. The highest BCUT2D eigenvalue weighted by Gasteiger charge is 2.26. The number of piperazine rings is 1. The largest absolute Gasteiger partial charge is 0.493 e. The average molecular weight is 401 g/mol. The van der Waals surface area contributed by atoms with Crippen LogP contribution in [0.1, 0.15) is 15.9 Å². The summed E-state index contributed by atoms with van der Waals surface area (Å²) >= 11 is 0. The molecule has 0 unspecified atom stereocenters. The molecule has 8 nitrogen and oxygen atoms in total. The Hall–Kier alpha value is -3.00. The number of carbonyl (C=O) groups excluding carboxylic acids is 1. The molecule has 0 bridgehead atoms. The van der Waals surface area contributed by atoms with Crippen LogP contribution in [0.5, 0.6) is 23.1 Å². The van der Waals surface area contributed by atoms with Gasteiger partial charge in [-0.15, -0.1) is 0 Å². The molecule has 0 atom stereocenters. The van der Waals surface area contributed by atoms with Crippen LogP contribution < -0.4 is 18.9 Å². The van der Waals surface area contributed by atoms with Gasteiger partial charge in [0.1, 0.15) is 5.56 Å². The molecule has 1 aromatic heterocycles. The van der Waals surface area contributed by atoms with Crippen LogP contribution in [0.25, 0.3) is 0 Å². The number of methoxy groups -OCH3 is 4. The molecular weight excluding hydrogens is 374 g/mol. The van der Waals surface area contributed by atoms with Crippen LogP contribution >= 0.6 is 0 Å². The summed E-state index contributed by atoms with van der Waals surface area (Å²) in [4.78, 5) is 21.1. The fourth-order valence-corrected chi connectivity index (χ4v) is 3.52. The second-order valence-electron chi connectivity index (χ2n) is 6.62. The first-order valence-corrected chi connectivity index (χ1v) is 9.41. The first kappa shape index (κ1) is 20.7. The first-order valence-electron chi connectivity index (χ1n) is 9.41. The summed E-state index contributed by atoms with van der Waals surface area (Å²) < 4.78 is 21.6. The Balaban J connectivity index is 1.67. The van der Waals surface area contributed by atoms with Crippen molar-refractivity contribution in [3.8, 4) is 23.1 Å². The van der Waals surface area contributed by atoms with Crippen LogP contribution in [0.4, 0.5) is 0 Å². The highest BCUT2D eigenvalue weighted by atomic mass is 16.5. The van der Waals surface area contributed by atoms with E-state index in [1.807, 2.05) is 17.0 Å². The van der Waals surface area contributed by atoms with Gasteiger partial charge < -0.3 is 23.8 Å². The van der Waals surface area contributed by atoms with Crippen molar-refractivity contribution in [1.29, 1.82) is 0 Å². The zero-order chi connectivity index (χ0) is 20.8. The van der Waals surface area contributed by atoms with Gasteiger partial charge in [0.05, 0.1) is 28.4 Å². The summed E-state index contributed by atoms with van der Waals surface area (Å²) in [5, 5.41) is 0. The molecule has 0 radical (unpaired) electrons. The van der Waals surface area contributed by atoms with E-state index in [1.165, 1.54) is 7.11 Å². The van der Waals surface area contributed by atoms with Crippen LogP contribution in [0, 0.1) is 0 Å². The number of benzene rings is 1. The maximum Gasteiger partial charge on any atom is 0.259 e. The number of aromatic nitrogens is 1. The third kappa shape index (κ3) is 4.37. The van der Waals surface area contributed by atoms with E-state index >= 15 is 0 Å². The number of hydrogen-bond donors (Lipinski definition) is 0. The lowest BCUT2D eigenvalue weighted by molar-refractivity contribution is 0.0623. The van der Waals surface area contributed by atoms with Gasteiger partial charge in [-0.05, 0) is 18.2 Å². The van der Waals surface area contributed by atoms with Crippen LogP contribution in [0.15, 0.2) is 30.5 Å². The Kier molecular flexibility index (Phi) is 6.77. The maximum absolute atomic E-state index is 12.8. The third-order valence-electron chi connectivity index (χ3n) is 5.03. The molecule has 8 heteroatoms. The van der Waals surface area contributed by atoms with E-state index in [4.69, 9.17) is 18.9 Å². The Morgan fingerprint density at radius 2 is 1.66 bits per heavy atom.